The molecule has 0 saturated heterocycles. The molecule has 0 aliphatic rings. The summed E-state index contributed by atoms with van der Waals surface area (Å²) in [7, 11) is -0.591. The van der Waals surface area contributed by atoms with E-state index in [0.29, 0.717) is 35.8 Å². The number of ether oxygens (including phenoxy) is 2. The molecule has 6 aromatic rings. The van der Waals surface area contributed by atoms with E-state index >= 15 is 0 Å². The molecule has 0 unspecified atom stereocenters. The number of hydrogen-bond acceptors (Lipinski definition) is 5. The largest absolute Gasteiger partial charge is 0.493 e. The highest BCUT2D eigenvalue weighted by molar-refractivity contribution is 7.88. The molecule has 7 nitrogen and oxygen atoms in total. The molecule has 256 valence electrons. The minimum Gasteiger partial charge on any atom is -0.493 e. The quantitative estimate of drug-likeness (QED) is 0.106. The molecule has 0 spiro atoms. The van der Waals surface area contributed by atoms with E-state index in [-0.39, 0.29) is 18.3 Å². The van der Waals surface area contributed by atoms with Crippen LogP contribution in [0.2, 0.25) is 5.02 Å². The van der Waals surface area contributed by atoms with Crippen LogP contribution >= 0.6 is 11.6 Å². The molecular weight excluding hydrogens is 668 g/mol. The Morgan fingerprint density at radius 3 is 2.00 bits per heavy atom. The molecule has 0 aliphatic carbocycles. The molecule has 1 heterocycles. The number of carbonyl (C=O) groups is 1. The smallest absolute Gasteiger partial charge is 0.337 e. The molecule has 50 heavy (non-hydrogen) atoms. The van der Waals surface area contributed by atoms with E-state index in [1.807, 2.05) is 84.9 Å². The molecule has 6 rings (SSSR count). The van der Waals surface area contributed by atoms with E-state index in [4.69, 9.17) is 21.1 Å². The van der Waals surface area contributed by atoms with Crippen molar-refractivity contribution in [2.45, 2.75) is 24.6 Å². The van der Waals surface area contributed by atoms with Crippen molar-refractivity contribution >= 4 is 38.5 Å². The summed E-state index contributed by atoms with van der Waals surface area (Å²) in [4.78, 5) is 11.9. The standard InChI is InChI=1S/C41H39ClN2O5S/c1-43(50(46,47)29-30-12-6-3-7-13-30)26-24-39-36(25-27-49-35-21-18-33(19-22-35)41(45)48-2)37-28-34(42)20-23-38(37)44(39)40(31-14-8-4-9-15-31)32-16-10-5-11-17-32/h3-23,28,40H,24-27,29H2,1-2H3. The normalized spacial score (nSPS) is 11.7. The first-order chi connectivity index (χ1) is 24.2. The number of fused-ring (bicyclic) bond motifs is 1. The molecule has 0 bridgehead atoms. The number of methoxy groups -OCH3 is 1. The van der Waals surface area contributed by atoms with Gasteiger partial charge in [0.2, 0.25) is 10.0 Å². The molecule has 0 radical (unpaired) electrons. The molecular formula is C41H39ClN2O5S. The summed E-state index contributed by atoms with van der Waals surface area (Å²) in [5.41, 5.74) is 6.43. The predicted molar refractivity (Wildman–Crippen MR) is 199 cm³/mol. The number of halogens is 1. The van der Waals surface area contributed by atoms with Crippen LogP contribution in [0.15, 0.2) is 133 Å². The van der Waals surface area contributed by atoms with Crippen molar-refractivity contribution in [2.75, 3.05) is 27.3 Å². The van der Waals surface area contributed by atoms with Crippen LogP contribution in [0, 0.1) is 0 Å². The molecule has 0 N–H and O–H groups in total. The number of nitrogens with zero attached hydrogens (tertiary/aromatic N) is 2. The first kappa shape index (κ1) is 35.0. The highest BCUT2D eigenvalue weighted by Gasteiger charge is 2.27. The van der Waals surface area contributed by atoms with Gasteiger partial charge in [0.1, 0.15) is 5.75 Å². The zero-order valence-electron chi connectivity index (χ0n) is 28.0. The van der Waals surface area contributed by atoms with Crippen molar-refractivity contribution in [3.8, 4) is 5.75 Å². The number of aromatic nitrogens is 1. The van der Waals surface area contributed by atoms with Crippen LogP contribution in [0.25, 0.3) is 10.9 Å². The van der Waals surface area contributed by atoms with Gasteiger partial charge in [0.25, 0.3) is 0 Å². The van der Waals surface area contributed by atoms with Gasteiger partial charge in [-0.3, -0.25) is 0 Å². The Labute approximate surface area is 298 Å². The summed E-state index contributed by atoms with van der Waals surface area (Å²) in [6.07, 6.45) is 0.991. The van der Waals surface area contributed by atoms with Gasteiger partial charge in [-0.2, -0.15) is 0 Å². The Bertz CT molecular complexity index is 2110. The van der Waals surface area contributed by atoms with Gasteiger partial charge in [0, 0.05) is 48.1 Å². The predicted octanol–water partition coefficient (Wildman–Crippen LogP) is 8.34. The first-order valence-corrected chi connectivity index (χ1v) is 18.4. The summed E-state index contributed by atoms with van der Waals surface area (Å²) in [6.45, 7) is 0.623. The van der Waals surface area contributed by atoms with Crippen molar-refractivity contribution in [3.05, 3.63) is 172 Å². The Morgan fingerprint density at radius 1 is 0.800 bits per heavy atom. The Kier molecular flexibility index (Phi) is 11.0. The fourth-order valence-corrected chi connectivity index (χ4v) is 7.76. The maximum atomic E-state index is 13.6. The minimum absolute atomic E-state index is 0.0743. The van der Waals surface area contributed by atoms with E-state index < -0.39 is 16.0 Å². The number of benzene rings is 5. The maximum Gasteiger partial charge on any atom is 0.337 e. The summed E-state index contributed by atoms with van der Waals surface area (Å²) in [5.74, 6) is 0.141. The van der Waals surface area contributed by atoms with Crippen LogP contribution in [0.4, 0.5) is 0 Å². The number of hydrogen-bond donors (Lipinski definition) is 0. The summed E-state index contributed by atoms with van der Waals surface area (Å²) >= 11 is 6.65. The van der Waals surface area contributed by atoms with E-state index in [9.17, 15) is 13.2 Å². The van der Waals surface area contributed by atoms with Gasteiger partial charge in [0.15, 0.2) is 0 Å². The average molecular weight is 707 g/mol. The average Bonchev–Trinajstić information content (AvgIpc) is 3.43. The lowest BCUT2D eigenvalue weighted by atomic mass is 9.97. The van der Waals surface area contributed by atoms with Gasteiger partial charge in [-0.1, -0.05) is 103 Å². The third kappa shape index (κ3) is 7.94. The Hall–Kier alpha value is -4.89. The zero-order valence-corrected chi connectivity index (χ0v) is 29.6. The summed E-state index contributed by atoms with van der Waals surface area (Å²) in [5, 5.41) is 1.60. The lowest BCUT2D eigenvalue weighted by Gasteiger charge is -2.26. The van der Waals surface area contributed by atoms with Crippen LogP contribution < -0.4 is 4.74 Å². The number of rotatable bonds is 14. The monoisotopic (exact) mass is 706 g/mol. The Balaban J connectivity index is 1.42. The van der Waals surface area contributed by atoms with Crippen molar-refractivity contribution in [1.82, 2.24) is 8.87 Å². The number of likely N-dealkylation sites (N-methyl/N-ethyl adjacent to an activating group) is 1. The Morgan fingerprint density at radius 2 is 1.40 bits per heavy atom. The van der Waals surface area contributed by atoms with E-state index in [1.165, 1.54) is 11.4 Å². The lowest BCUT2D eigenvalue weighted by Crippen LogP contribution is -2.31. The minimum atomic E-state index is -3.59. The molecule has 0 amide bonds. The molecule has 0 aliphatic heterocycles. The van der Waals surface area contributed by atoms with Crippen LogP contribution in [0.1, 0.15) is 44.3 Å². The highest BCUT2D eigenvalue weighted by Crippen LogP contribution is 2.38. The van der Waals surface area contributed by atoms with Crippen LogP contribution in [0.5, 0.6) is 5.75 Å². The second-order valence-electron chi connectivity index (χ2n) is 12.1. The SMILES string of the molecule is COC(=O)c1ccc(OCCc2c(CCN(C)S(=O)(=O)Cc3ccccc3)n(C(c3ccccc3)c3ccccc3)c3ccc(Cl)cc23)cc1. The van der Waals surface area contributed by atoms with Gasteiger partial charge in [0.05, 0.1) is 31.1 Å². The van der Waals surface area contributed by atoms with E-state index in [0.717, 1.165) is 38.9 Å². The van der Waals surface area contributed by atoms with E-state index in [1.54, 1.807) is 31.3 Å². The zero-order chi connectivity index (χ0) is 35.1. The van der Waals surface area contributed by atoms with Crippen molar-refractivity contribution < 1.29 is 22.7 Å². The first-order valence-electron chi connectivity index (χ1n) is 16.5. The van der Waals surface area contributed by atoms with Crippen molar-refractivity contribution in [2.24, 2.45) is 0 Å². The maximum absolute atomic E-state index is 13.6. The second-order valence-corrected chi connectivity index (χ2v) is 14.6. The summed E-state index contributed by atoms with van der Waals surface area (Å²) in [6, 6.07) is 42.5. The van der Waals surface area contributed by atoms with Crippen LogP contribution in [-0.2, 0) is 33.4 Å². The van der Waals surface area contributed by atoms with Crippen LogP contribution in [-0.4, -0.2) is 50.6 Å². The van der Waals surface area contributed by atoms with Crippen LogP contribution in [0.3, 0.4) is 0 Å². The molecule has 9 heteroatoms. The topological polar surface area (TPSA) is 77.8 Å². The molecule has 0 saturated carbocycles. The fraction of sp³-hybridized carbons (Fsp3) is 0.195. The van der Waals surface area contributed by atoms with Gasteiger partial charge in [-0.05, 0) is 64.7 Å². The molecule has 0 fully saturated rings. The number of sulfonamides is 1. The second kappa shape index (κ2) is 15.8. The van der Waals surface area contributed by atoms with Gasteiger partial charge in [-0.25, -0.2) is 17.5 Å². The number of esters is 1. The van der Waals surface area contributed by atoms with Gasteiger partial charge >= 0.3 is 5.97 Å². The highest BCUT2D eigenvalue weighted by atomic mass is 35.5. The molecule has 5 aromatic carbocycles. The fourth-order valence-electron chi connectivity index (χ4n) is 6.39. The van der Waals surface area contributed by atoms with Crippen molar-refractivity contribution in [3.63, 3.8) is 0 Å². The van der Waals surface area contributed by atoms with Gasteiger partial charge < -0.3 is 14.0 Å². The third-order valence-electron chi connectivity index (χ3n) is 8.90. The lowest BCUT2D eigenvalue weighted by molar-refractivity contribution is 0.0600. The summed E-state index contributed by atoms with van der Waals surface area (Å²) < 4.78 is 41.9. The van der Waals surface area contributed by atoms with Crippen molar-refractivity contribution in [1.29, 1.82) is 0 Å². The van der Waals surface area contributed by atoms with Gasteiger partial charge in [-0.15, -0.1) is 0 Å². The van der Waals surface area contributed by atoms with E-state index in [2.05, 4.69) is 28.8 Å². The molecule has 1 aromatic heterocycles. The third-order valence-corrected chi connectivity index (χ3v) is 11.0. The number of carbonyl (C=O) groups excluding carboxylic acids is 1. The molecule has 0 atom stereocenters.